The van der Waals surface area contributed by atoms with Crippen molar-refractivity contribution in [3.63, 3.8) is 0 Å². The van der Waals surface area contributed by atoms with Crippen molar-refractivity contribution >= 4 is 18.3 Å². The molecular weight excluding hydrogens is 178 g/mol. The van der Waals surface area contributed by atoms with E-state index in [2.05, 4.69) is 5.73 Å². The number of nitrogens with zero attached hydrogens (tertiary/aromatic N) is 1. The van der Waals surface area contributed by atoms with Crippen molar-refractivity contribution in [1.82, 2.24) is 5.12 Å². The van der Waals surface area contributed by atoms with Crippen LogP contribution in [0.2, 0.25) is 0 Å². The second kappa shape index (κ2) is 3.32. The highest BCUT2D eigenvalue weighted by atomic mass is 35.5. The van der Waals surface area contributed by atoms with Gasteiger partial charge in [0.25, 0.3) is 11.7 Å². The minimum Gasteiger partial charge on any atom is -0.366 e. The summed E-state index contributed by atoms with van der Waals surface area (Å²) in [5, 5.41) is -0.144. The highest BCUT2D eigenvalue weighted by Gasteiger charge is 2.47. The Kier molecular flexibility index (Phi) is 3.19. The summed E-state index contributed by atoms with van der Waals surface area (Å²) >= 11 is 0. The van der Waals surface area contributed by atoms with Gasteiger partial charge in [0.1, 0.15) is 0 Å². The molecule has 0 bridgehead atoms. The van der Waals surface area contributed by atoms with E-state index >= 15 is 0 Å². The van der Waals surface area contributed by atoms with Gasteiger partial charge >= 0.3 is 0 Å². The Hall–Kier alpha value is -0.420. The first-order valence-corrected chi connectivity index (χ1v) is 2.99. The molecule has 1 rings (SSSR count). The van der Waals surface area contributed by atoms with Gasteiger partial charge in [-0.15, -0.1) is 22.0 Å². The normalized spacial score (nSPS) is 31.5. The fourth-order valence-electron chi connectivity index (χ4n) is 0.993. The number of hydrogen-bond donors (Lipinski definition) is 1. The molecule has 0 saturated carbocycles. The summed E-state index contributed by atoms with van der Waals surface area (Å²) < 4.78 is 25.3. The van der Waals surface area contributed by atoms with E-state index in [1.165, 1.54) is 0 Å². The van der Waals surface area contributed by atoms with Gasteiger partial charge in [-0.05, 0) is 6.42 Å². The summed E-state index contributed by atoms with van der Waals surface area (Å²) in [4.78, 5) is 10.3. The van der Waals surface area contributed by atoms with Gasteiger partial charge < -0.3 is 5.73 Å². The maximum Gasteiger partial charge on any atom is 0.272 e. The Labute approximate surface area is 68.9 Å². The van der Waals surface area contributed by atoms with Crippen molar-refractivity contribution in [3.8, 4) is 0 Å². The number of halogens is 3. The molecule has 1 fully saturated rings. The maximum atomic E-state index is 12.9. The molecule has 0 aromatic carbocycles. The smallest absolute Gasteiger partial charge is 0.272 e. The fourth-order valence-corrected chi connectivity index (χ4v) is 0.993. The average molecular weight is 187 g/mol. The van der Waals surface area contributed by atoms with E-state index in [0.717, 1.165) is 0 Å². The van der Waals surface area contributed by atoms with Crippen LogP contribution in [0, 0.1) is 0 Å². The second-order valence-electron chi connectivity index (χ2n) is 2.31. The van der Waals surface area contributed by atoms with Crippen LogP contribution < -0.4 is 5.73 Å². The summed E-state index contributed by atoms with van der Waals surface area (Å²) in [7, 11) is 0. The number of carbonyl (C=O) groups excluding carboxylic acids is 1. The van der Waals surface area contributed by atoms with E-state index in [4.69, 9.17) is 0 Å². The molecule has 6 heteroatoms. The summed E-state index contributed by atoms with van der Waals surface area (Å²) in [6, 6.07) is 0. The number of rotatable bonds is 1. The van der Waals surface area contributed by atoms with E-state index in [0.29, 0.717) is 6.42 Å². The topological polar surface area (TPSA) is 46.3 Å². The highest BCUT2D eigenvalue weighted by molar-refractivity contribution is 5.85. The van der Waals surface area contributed by atoms with Gasteiger partial charge in [-0.25, -0.2) is 4.39 Å². The SMILES string of the molecule is Cl.NC(=O)C1(F)CCCN1F. The molecule has 1 amide bonds. The number of amides is 1. The minimum absolute atomic E-state index is 0. The predicted molar refractivity (Wildman–Crippen MR) is 37.3 cm³/mol. The number of hydrogen-bond acceptors (Lipinski definition) is 2. The highest BCUT2D eigenvalue weighted by Crippen LogP contribution is 2.30. The molecule has 0 aromatic heterocycles. The predicted octanol–water partition coefficient (Wildman–Crippen LogP) is 0.540. The Morgan fingerprint density at radius 1 is 1.64 bits per heavy atom. The van der Waals surface area contributed by atoms with Crippen LogP contribution in [0.3, 0.4) is 0 Å². The zero-order valence-electron chi connectivity index (χ0n) is 5.72. The van der Waals surface area contributed by atoms with Crippen molar-refractivity contribution < 1.29 is 13.7 Å². The van der Waals surface area contributed by atoms with Crippen LogP contribution in [-0.4, -0.2) is 23.4 Å². The van der Waals surface area contributed by atoms with Gasteiger partial charge in [0.05, 0.1) is 0 Å². The lowest BCUT2D eigenvalue weighted by atomic mass is 10.2. The van der Waals surface area contributed by atoms with Gasteiger partial charge in [0.15, 0.2) is 0 Å². The molecule has 66 valence electrons. The first-order valence-electron chi connectivity index (χ1n) is 2.99. The fraction of sp³-hybridized carbons (Fsp3) is 0.800. The van der Waals surface area contributed by atoms with Crippen LogP contribution in [0.15, 0.2) is 0 Å². The lowest BCUT2D eigenvalue weighted by Crippen LogP contribution is -2.46. The number of nitrogens with two attached hydrogens (primary N) is 1. The van der Waals surface area contributed by atoms with Crippen molar-refractivity contribution in [1.29, 1.82) is 0 Å². The summed E-state index contributed by atoms with van der Waals surface area (Å²) in [6.45, 7) is -0.0561. The van der Waals surface area contributed by atoms with E-state index in [1.54, 1.807) is 0 Å². The molecule has 0 aliphatic carbocycles. The summed E-state index contributed by atoms with van der Waals surface area (Å²) in [6.07, 6.45) is 0.189. The van der Waals surface area contributed by atoms with E-state index in [9.17, 15) is 13.7 Å². The third-order valence-corrected chi connectivity index (χ3v) is 1.62. The minimum atomic E-state index is -2.54. The van der Waals surface area contributed by atoms with Gasteiger partial charge in [0.2, 0.25) is 0 Å². The molecule has 0 aromatic rings. The zero-order chi connectivity index (χ0) is 7.78. The van der Waals surface area contributed by atoms with Gasteiger partial charge in [-0.1, -0.05) is 0 Å². The molecule has 1 aliphatic rings. The Bertz CT molecular complexity index is 169. The zero-order valence-corrected chi connectivity index (χ0v) is 6.53. The molecule has 3 nitrogen and oxygen atoms in total. The van der Waals surface area contributed by atoms with Crippen LogP contribution in [0.25, 0.3) is 0 Å². The first-order chi connectivity index (χ1) is 4.57. The van der Waals surface area contributed by atoms with Crippen LogP contribution in [0.5, 0.6) is 0 Å². The molecule has 0 radical (unpaired) electrons. The Morgan fingerprint density at radius 3 is 2.36 bits per heavy atom. The van der Waals surface area contributed by atoms with Crippen molar-refractivity contribution in [3.05, 3.63) is 0 Å². The summed E-state index contributed by atoms with van der Waals surface area (Å²) in [5.74, 6) is -3.78. The molecule has 1 atom stereocenters. The first kappa shape index (κ1) is 10.6. The average Bonchev–Trinajstić information content (AvgIpc) is 2.15. The van der Waals surface area contributed by atoms with Gasteiger partial charge in [-0.3, -0.25) is 4.79 Å². The van der Waals surface area contributed by atoms with Crippen molar-refractivity contribution in [2.45, 2.75) is 18.6 Å². The van der Waals surface area contributed by atoms with Crippen LogP contribution in [-0.2, 0) is 4.79 Å². The third-order valence-electron chi connectivity index (χ3n) is 1.62. The van der Waals surface area contributed by atoms with E-state index in [1.807, 2.05) is 0 Å². The largest absolute Gasteiger partial charge is 0.366 e. The molecule has 1 aliphatic heterocycles. The van der Waals surface area contributed by atoms with Crippen LogP contribution in [0.4, 0.5) is 8.87 Å². The Morgan fingerprint density at radius 2 is 2.18 bits per heavy atom. The number of primary amides is 1. The molecule has 0 spiro atoms. The lowest BCUT2D eigenvalue weighted by Gasteiger charge is -2.18. The lowest BCUT2D eigenvalue weighted by molar-refractivity contribution is -0.163. The molecule has 1 heterocycles. The third kappa shape index (κ3) is 1.59. The van der Waals surface area contributed by atoms with Gasteiger partial charge in [-0.2, -0.15) is 0 Å². The molecule has 11 heavy (non-hydrogen) atoms. The molecule has 2 N–H and O–H groups in total. The van der Waals surface area contributed by atoms with E-state index in [-0.39, 0.29) is 30.5 Å². The van der Waals surface area contributed by atoms with Crippen LogP contribution in [0.1, 0.15) is 12.8 Å². The molecule has 1 unspecified atom stereocenters. The number of carbonyl (C=O) groups is 1. The van der Waals surface area contributed by atoms with E-state index < -0.39 is 11.7 Å². The summed E-state index contributed by atoms with van der Waals surface area (Å²) in [5.41, 5.74) is 4.63. The quantitative estimate of drug-likeness (QED) is 0.480. The van der Waals surface area contributed by atoms with Crippen molar-refractivity contribution in [2.24, 2.45) is 5.73 Å². The second-order valence-corrected chi connectivity index (χ2v) is 2.31. The monoisotopic (exact) mass is 186 g/mol. The number of alkyl halides is 1. The molecule has 1 saturated heterocycles. The molecular formula is C5H9ClF2N2O. The standard InChI is InChI=1S/C5H8F2N2O.ClH/c6-5(4(8)10)2-1-3-9(5)7;/h1-3H2,(H2,8,10);1H. The van der Waals surface area contributed by atoms with Crippen molar-refractivity contribution in [2.75, 3.05) is 6.54 Å². The maximum absolute atomic E-state index is 12.9. The van der Waals surface area contributed by atoms with Gasteiger partial charge in [0, 0.05) is 13.0 Å². The Balaban J connectivity index is 0.000001000. The van der Waals surface area contributed by atoms with Crippen LogP contribution >= 0.6 is 12.4 Å².